The van der Waals surface area contributed by atoms with Gasteiger partial charge < -0.3 is 15.8 Å². The van der Waals surface area contributed by atoms with Gasteiger partial charge in [-0.3, -0.25) is 14.6 Å². The van der Waals surface area contributed by atoms with Crippen LogP contribution in [0.2, 0.25) is 0 Å². The molecule has 1 fully saturated rings. The monoisotopic (exact) mass is 513 g/mol. The summed E-state index contributed by atoms with van der Waals surface area (Å²) in [5, 5.41) is 3.13. The van der Waals surface area contributed by atoms with E-state index in [1.807, 2.05) is 18.2 Å². The van der Waals surface area contributed by atoms with Crippen molar-refractivity contribution in [2.24, 2.45) is 5.73 Å². The minimum atomic E-state index is -1.02. The number of hydrogen-bond acceptors (Lipinski definition) is 4. The van der Waals surface area contributed by atoms with Crippen LogP contribution in [0.25, 0.3) is 11.1 Å². The van der Waals surface area contributed by atoms with Gasteiger partial charge in [-0.15, -0.1) is 0 Å². The molecule has 5 rings (SSSR count). The summed E-state index contributed by atoms with van der Waals surface area (Å²) in [6.07, 6.45) is 2.07. The highest BCUT2D eigenvalue weighted by Crippen LogP contribution is 2.59. The summed E-state index contributed by atoms with van der Waals surface area (Å²) < 4.78 is 33.6. The molecule has 1 aliphatic rings. The van der Waals surface area contributed by atoms with Crippen LogP contribution in [0.4, 0.5) is 8.78 Å². The summed E-state index contributed by atoms with van der Waals surface area (Å²) in [4.78, 5) is 29.8. The molecule has 1 heterocycles. The van der Waals surface area contributed by atoms with Crippen LogP contribution in [0.5, 0.6) is 5.75 Å². The third-order valence-corrected chi connectivity index (χ3v) is 6.80. The molecule has 1 aromatic heterocycles. The van der Waals surface area contributed by atoms with E-state index in [-0.39, 0.29) is 12.3 Å². The van der Waals surface area contributed by atoms with E-state index >= 15 is 0 Å². The molecule has 2 amide bonds. The number of methoxy groups -OCH3 is 1. The molecular weight excluding hydrogens is 488 g/mol. The standard InChI is InChI=1S/C30H25F2N3O3/c1-38-24-8-2-5-18(11-24)12-27(36)35-30(17-26(30)21-14-22(31)16-23(32)15-21)28-25(9-4-10-34-28)19-6-3-7-20(13-19)29(33)37/h2-11,13-16,26H,12,17H2,1H3,(H2,33,37)(H,35,36)/t26-,30?/m1/s1. The lowest BCUT2D eigenvalue weighted by Gasteiger charge is -2.23. The van der Waals surface area contributed by atoms with Crippen LogP contribution in [-0.2, 0) is 16.8 Å². The number of benzene rings is 3. The number of nitrogens with one attached hydrogen (secondary N) is 1. The number of pyridine rings is 1. The van der Waals surface area contributed by atoms with Gasteiger partial charge in [-0.05, 0) is 65.6 Å². The maximum atomic E-state index is 14.2. The third-order valence-electron chi connectivity index (χ3n) is 6.80. The Bertz CT molecular complexity index is 1520. The van der Waals surface area contributed by atoms with Crippen molar-refractivity contribution in [2.45, 2.75) is 24.3 Å². The normalized spacial score (nSPS) is 18.0. The number of aromatic nitrogens is 1. The topological polar surface area (TPSA) is 94.3 Å². The number of nitrogens with two attached hydrogens (primary N) is 1. The Morgan fingerprint density at radius 3 is 2.53 bits per heavy atom. The number of rotatable bonds is 8. The molecule has 4 aromatic rings. The van der Waals surface area contributed by atoms with Crippen molar-refractivity contribution in [1.29, 1.82) is 0 Å². The van der Waals surface area contributed by atoms with E-state index in [4.69, 9.17) is 10.5 Å². The second-order valence-corrected chi connectivity index (χ2v) is 9.35. The number of nitrogens with zero attached hydrogens (tertiary/aromatic N) is 1. The van der Waals surface area contributed by atoms with Gasteiger partial charge in [-0.25, -0.2) is 8.78 Å². The van der Waals surface area contributed by atoms with Crippen LogP contribution in [0.1, 0.15) is 39.5 Å². The second-order valence-electron chi connectivity index (χ2n) is 9.35. The molecule has 2 atom stereocenters. The van der Waals surface area contributed by atoms with Gasteiger partial charge in [-0.1, -0.05) is 30.3 Å². The van der Waals surface area contributed by atoms with E-state index in [9.17, 15) is 18.4 Å². The lowest BCUT2D eigenvalue weighted by Crippen LogP contribution is -2.38. The molecule has 1 unspecified atom stereocenters. The van der Waals surface area contributed by atoms with Crippen molar-refractivity contribution in [1.82, 2.24) is 10.3 Å². The van der Waals surface area contributed by atoms with E-state index in [0.29, 0.717) is 40.1 Å². The van der Waals surface area contributed by atoms with Crippen LogP contribution in [0.3, 0.4) is 0 Å². The second kappa shape index (κ2) is 10.0. The number of ether oxygens (including phenoxy) is 1. The van der Waals surface area contributed by atoms with Crippen LogP contribution in [0, 0.1) is 11.6 Å². The smallest absolute Gasteiger partial charge is 0.248 e. The molecule has 0 bridgehead atoms. The molecule has 0 radical (unpaired) electrons. The van der Waals surface area contributed by atoms with Crippen molar-refractivity contribution in [2.75, 3.05) is 7.11 Å². The maximum Gasteiger partial charge on any atom is 0.248 e. The lowest BCUT2D eigenvalue weighted by atomic mass is 9.94. The zero-order valence-electron chi connectivity index (χ0n) is 20.6. The van der Waals surface area contributed by atoms with Crippen LogP contribution in [0.15, 0.2) is 85.1 Å². The number of carbonyl (C=O) groups excluding carboxylic acids is 2. The van der Waals surface area contributed by atoms with E-state index in [2.05, 4.69) is 10.3 Å². The number of hydrogen-bond donors (Lipinski definition) is 2. The van der Waals surface area contributed by atoms with Gasteiger partial charge in [0.05, 0.1) is 24.8 Å². The summed E-state index contributed by atoms with van der Waals surface area (Å²) in [5.41, 5.74) is 7.87. The molecule has 192 valence electrons. The van der Waals surface area contributed by atoms with Gasteiger partial charge in [0.2, 0.25) is 11.8 Å². The highest BCUT2D eigenvalue weighted by Gasteiger charge is 2.59. The minimum Gasteiger partial charge on any atom is -0.497 e. The van der Waals surface area contributed by atoms with Crippen molar-refractivity contribution in [3.63, 3.8) is 0 Å². The average Bonchev–Trinajstić information content (AvgIpc) is 3.63. The summed E-state index contributed by atoms with van der Waals surface area (Å²) in [6, 6.07) is 21.0. The molecule has 0 spiro atoms. The Morgan fingerprint density at radius 2 is 1.79 bits per heavy atom. The molecule has 38 heavy (non-hydrogen) atoms. The first-order chi connectivity index (χ1) is 18.3. The number of halogens is 2. The minimum absolute atomic E-state index is 0.0719. The van der Waals surface area contributed by atoms with Gasteiger partial charge in [0.25, 0.3) is 0 Å². The Morgan fingerprint density at radius 1 is 1.03 bits per heavy atom. The average molecular weight is 514 g/mol. The molecule has 0 aliphatic heterocycles. The van der Waals surface area contributed by atoms with Gasteiger partial charge >= 0.3 is 0 Å². The van der Waals surface area contributed by atoms with E-state index in [1.54, 1.807) is 55.8 Å². The molecule has 3 aromatic carbocycles. The van der Waals surface area contributed by atoms with Gasteiger partial charge in [0, 0.05) is 29.3 Å². The third kappa shape index (κ3) is 4.98. The zero-order valence-corrected chi connectivity index (χ0v) is 20.6. The maximum absolute atomic E-state index is 14.2. The van der Waals surface area contributed by atoms with E-state index in [1.165, 1.54) is 12.1 Å². The van der Waals surface area contributed by atoms with Crippen molar-refractivity contribution in [3.8, 4) is 16.9 Å². The Labute approximate surface area is 218 Å². The van der Waals surface area contributed by atoms with E-state index < -0.39 is 29.0 Å². The Kier molecular flexibility index (Phi) is 6.63. The van der Waals surface area contributed by atoms with Crippen molar-refractivity contribution in [3.05, 3.63) is 119 Å². The summed E-state index contributed by atoms with van der Waals surface area (Å²) >= 11 is 0. The quantitative estimate of drug-likeness (QED) is 0.351. The van der Waals surface area contributed by atoms with Gasteiger partial charge in [0.1, 0.15) is 17.4 Å². The summed E-state index contributed by atoms with van der Waals surface area (Å²) in [5.74, 6) is -2.03. The molecule has 1 saturated carbocycles. The van der Waals surface area contributed by atoms with Gasteiger partial charge in [-0.2, -0.15) is 0 Å². The first-order valence-electron chi connectivity index (χ1n) is 12.0. The molecular formula is C30H25F2N3O3. The molecule has 3 N–H and O–H groups in total. The first kappa shape index (κ1) is 25.1. The molecule has 1 aliphatic carbocycles. The molecule has 8 heteroatoms. The highest BCUT2D eigenvalue weighted by atomic mass is 19.1. The molecule has 6 nitrogen and oxygen atoms in total. The zero-order chi connectivity index (χ0) is 26.9. The fraction of sp³-hybridized carbons (Fsp3) is 0.167. The Hall–Kier alpha value is -4.59. The first-order valence-corrected chi connectivity index (χ1v) is 12.0. The van der Waals surface area contributed by atoms with Crippen LogP contribution in [-0.4, -0.2) is 23.9 Å². The number of primary amides is 1. The SMILES string of the molecule is COc1cccc(CC(=O)NC2(c3ncccc3-c3cccc(C(N)=O)c3)C[C@@H]2c2cc(F)cc(F)c2)c1. The number of amides is 2. The Balaban J connectivity index is 1.56. The van der Waals surface area contributed by atoms with Crippen LogP contribution >= 0.6 is 0 Å². The molecule has 0 saturated heterocycles. The van der Waals surface area contributed by atoms with Crippen molar-refractivity contribution >= 4 is 11.8 Å². The summed E-state index contributed by atoms with van der Waals surface area (Å²) in [7, 11) is 1.55. The highest BCUT2D eigenvalue weighted by molar-refractivity contribution is 5.94. The fourth-order valence-corrected chi connectivity index (χ4v) is 5.00. The fourth-order valence-electron chi connectivity index (χ4n) is 5.00. The largest absolute Gasteiger partial charge is 0.497 e. The summed E-state index contributed by atoms with van der Waals surface area (Å²) in [6.45, 7) is 0. The van der Waals surface area contributed by atoms with Gasteiger partial charge in [0.15, 0.2) is 0 Å². The predicted octanol–water partition coefficient (Wildman–Crippen LogP) is 4.88. The van der Waals surface area contributed by atoms with Crippen molar-refractivity contribution < 1.29 is 23.1 Å². The predicted molar refractivity (Wildman–Crippen MR) is 138 cm³/mol. The van der Waals surface area contributed by atoms with Crippen LogP contribution < -0.4 is 15.8 Å². The van der Waals surface area contributed by atoms with E-state index in [0.717, 1.165) is 11.6 Å². The number of carbonyl (C=O) groups is 2. The lowest BCUT2D eigenvalue weighted by molar-refractivity contribution is -0.121.